The molecule has 3 N–H and O–H groups in total. The molecule has 150 valence electrons. The van der Waals surface area contributed by atoms with Crippen molar-refractivity contribution in [2.24, 2.45) is 4.99 Å². The molecule has 1 unspecified atom stereocenters. The molecule has 0 radical (unpaired) electrons. The van der Waals surface area contributed by atoms with Crippen molar-refractivity contribution < 1.29 is 14.3 Å². The van der Waals surface area contributed by atoms with Crippen LogP contribution in [0.1, 0.15) is 37.7 Å². The first-order chi connectivity index (χ1) is 13.2. The largest absolute Gasteiger partial charge is 0.379 e. The molecule has 1 amide bonds. The quantitative estimate of drug-likeness (QED) is 0.313. The fourth-order valence-corrected chi connectivity index (χ4v) is 2.93. The Labute approximate surface area is 161 Å². The number of unbranched alkanes of at least 4 members (excludes halogenated alkanes) is 1. The molecule has 2 rings (SSSR count). The van der Waals surface area contributed by atoms with Crippen molar-refractivity contribution in [2.45, 2.75) is 32.1 Å². The predicted molar refractivity (Wildman–Crippen MR) is 108 cm³/mol. The standard InChI is InChI=1S/C20H32N4O3/c1-3-4-10-26-12-13-27-11-9-22-20(21-2)23-15-16-14-19(25)24-18-8-6-5-7-17(16)18/h5-8,16H,3-4,9-15H2,1-2H3,(H,24,25)(H2,21,22,23). The number of nitrogens with one attached hydrogen (secondary N) is 3. The van der Waals surface area contributed by atoms with Crippen LogP contribution in [0.25, 0.3) is 0 Å². The van der Waals surface area contributed by atoms with Crippen LogP contribution >= 0.6 is 0 Å². The Bertz CT molecular complexity index is 607. The Morgan fingerprint density at radius 3 is 2.74 bits per heavy atom. The smallest absolute Gasteiger partial charge is 0.225 e. The van der Waals surface area contributed by atoms with E-state index in [2.05, 4.69) is 33.9 Å². The van der Waals surface area contributed by atoms with E-state index in [0.29, 0.717) is 45.3 Å². The molecule has 1 aromatic rings. The summed E-state index contributed by atoms with van der Waals surface area (Å²) in [5.41, 5.74) is 2.06. The third-order valence-electron chi connectivity index (χ3n) is 4.40. The van der Waals surface area contributed by atoms with Gasteiger partial charge >= 0.3 is 0 Å². The number of aliphatic imine (C=N–C) groups is 1. The molecule has 1 aliphatic heterocycles. The molecule has 0 saturated carbocycles. The monoisotopic (exact) mass is 376 g/mol. The van der Waals surface area contributed by atoms with E-state index in [0.717, 1.165) is 30.7 Å². The number of nitrogens with zero attached hydrogens (tertiary/aromatic N) is 1. The molecule has 0 spiro atoms. The molecule has 0 fully saturated rings. The lowest BCUT2D eigenvalue weighted by molar-refractivity contribution is -0.116. The zero-order chi connectivity index (χ0) is 19.3. The summed E-state index contributed by atoms with van der Waals surface area (Å²) >= 11 is 0. The maximum Gasteiger partial charge on any atom is 0.225 e. The normalized spacial score (nSPS) is 16.6. The molecule has 1 heterocycles. The van der Waals surface area contributed by atoms with Crippen molar-refractivity contribution in [3.8, 4) is 0 Å². The van der Waals surface area contributed by atoms with Gasteiger partial charge in [-0.05, 0) is 18.1 Å². The summed E-state index contributed by atoms with van der Waals surface area (Å²) in [4.78, 5) is 16.1. The first kappa shape index (κ1) is 21.2. The number of anilines is 1. The van der Waals surface area contributed by atoms with Gasteiger partial charge in [0.2, 0.25) is 5.91 Å². The minimum Gasteiger partial charge on any atom is -0.379 e. The van der Waals surface area contributed by atoms with Gasteiger partial charge in [0.15, 0.2) is 5.96 Å². The Balaban J connectivity index is 1.64. The highest BCUT2D eigenvalue weighted by molar-refractivity contribution is 5.94. The highest BCUT2D eigenvalue weighted by Crippen LogP contribution is 2.31. The lowest BCUT2D eigenvalue weighted by atomic mass is 9.90. The number of guanidine groups is 1. The number of amides is 1. The van der Waals surface area contributed by atoms with Crippen molar-refractivity contribution in [3.63, 3.8) is 0 Å². The van der Waals surface area contributed by atoms with Gasteiger partial charge in [-0.15, -0.1) is 0 Å². The summed E-state index contributed by atoms with van der Waals surface area (Å²) in [5.74, 6) is 0.893. The van der Waals surface area contributed by atoms with Crippen LogP contribution in [0.15, 0.2) is 29.3 Å². The van der Waals surface area contributed by atoms with Crippen molar-refractivity contribution in [1.82, 2.24) is 10.6 Å². The van der Waals surface area contributed by atoms with E-state index >= 15 is 0 Å². The average Bonchev–Trinajstić information content (AvgIpc) is 2.68. The summed E-state index contributed by atoms with van der Waals surface area (Å²) in [6.07, 6.45) is 2.72. The molecule has 7 nitrogen and oxygen atoms in total. The number of carbonyl (C=O) groups excluding carboxylic acids is 1. The van der Waals surface area contributed by atoms with Gasteiger partial charge in [-0.2, -0.15) is 0 Å². The van der Waals surface area contributed by atoms with Crippen LogP contribution in [0.4, 0.5) is 5.69 Å². The van der Waals surface area contributed by atoms with Crippen molar-refractivity contribution in [3.05, 3.63) is 29.8 Å². The lowest BCUT2D eigenvalue weighted by Crippen LogP contribution is -2.41. The molecular weight excluding hydrogens is 344 g/mol. The van der Waals surface area contributed by atoms with Crippen LogP contribution in [0.3, 0.4) is 0 Å². The van der Waals surface area contributed by atoms with E-state index < -0.39 is 0 Å². The third kappa shape index (κ3) is 7.56. The first-order valence-electron chi connectivity index (χ1n) is 9.73. The van der Waals surface area contributed by atoms with Gasteiger partial charge in [0, 0.05) is 44.8 Å². The first-order valence-corrected chi connectivity index (χ1v) is 9.73. The molecule has 0 bridgehead atoms. The van der Waals surface area contributed by atoms with Crippen molar-refractivity contribution in [1.29, 1.82) is 0 Å². The number of hydrogen-bond donors (Lipinski definition) is 3. The van der Waals surface area contributed by atoms with E-state index in [1.807, 2.05) is 18.2 Å². The zero-order valence-corrected chi connectivity index (χ0v) is 16.4. The summed E-state index contributed by atoms with van der Waals surface area (Å²) in [6.45, 7) is 6.09. The topological polar surface area (TPSA) is 84.0 Å². The molecule has 1 atom stereocenters. The Kier molecular flexibility index (Phi) is 9.65. The van der Waals surface area contributed by atoms with Gasteiger partial charge in [0.05, 0.1) is 19.8 Å². The number of carbonyl (C=O) groups is 1. The number of fused-ring (bicyclic) bond motifs is 1. The maximum atomic E-state index is 11.9. The van der Waals surface area contributed by atoms with Gasteiger partial charge in [-0.1, -0.05) is 31.5 Å². The molecular formula is C20H32N4O3. The average molecular weight is 377 g/mol. The number of hydrogen-bond acceptors (Lipinski definition) is 4. The van der Waals surface area contributed by atoms with Crippen LogP contribution in [0, 0.1) is 0 Å². The number of benzene rings is 1. The SMILES string of the molecule is CCCCOCCOCCNC(=NC)NCC1CC(=O)Nc2ccccc21. The van der Waals surface area contributed by atoms with Crippen LogP contribution in [0.2, 0.25) is 0 Å². The summed E-state index contributed by atoms with van der Waals surface area (Å²) < 4.78 is 11.0. The van der Waals surface area contributed by atoms with Crippen LogP contribution in [-0.2, 0) is 14.3 Å². The lowest BCUT2D eigenvalue weighted by Gasteiger charge is -2.26. The van der Waals surface area contributed by atoms with Crippen molar-refractivity contribution >= 4 is 17.6 Å². The van der Waals surface area contributed by atoms with Gasteiger partial charge in [-0.3, -0.25) is 9.79 Å². The molecule has 7 heteroatoms. The molecule has 1 aromatic carbocycles. The second-order valence-electron chi connectivity index (χ2n) is 6.49. The fraction of sp³-hybridized carbons (Fsp3) is 0.600. The minimum absolute atomic E-state index is 0.0537. The van der Waals surface area contributed by atoms with E-state index in [-0.39, 0.29) is 11.8 Å². The molecule has 27 heavy (non-hydrogen) atoms. The molecule has 0 aromatic heterocycles. The molecule has 1 aliphatic rings. The second-order valence-corrected chi connectivity index (χ2v) is 6.49. The highest BCUT2D eigenvalue weighted by Gasteiger charge is 2.24. The Morgan fingerprint density at radius 1 is 1.19 bits per heavy atom. The van der Waals surface area contributed by atoms with E-state index in [9.17, 15) is 4.79 Å². The van der Waals surface area contributed by atoms with Gasteiger partial charge < -0.3 is 25.4 Å². The van der Waals surface area contributed by atoms with E-state index in [1.54, 1.807) is 7.05 Å². The number of rotatable bonds is 11. The Morgan fingerprint density at radius 2 is 1.96 bits per heavy atom. The summed E-state index contributed by atoms with van der Waals surface area (Å²) in [5, 5.41) is 9.45. The number of ether oxygens (including phenoxy) is 2. The molecule has 0 saturated heterocycles. The van der Waals surface area contributed by atoms with Crippen LogP contribution in [0.5, 0.6) is 0 Å². The van der Waals surface area contributed by atoms with Crippen LogP contribution < -0.4 is 16.0 Å². The fourth-order valence-electron chi connectivity index (χ4n) is 2.93. The summed E-state index contributed by atoms with van der Waals surface area (Å²) in [6, 6.07) is 7.94. The minimum atomic E-state index is 0.0537. The van der Waals surface area contributed by atoms with Gasteiger partial charge in [-0.25, -0.2) is 0 Å². The highest BCUT2D eigenvalue weighted by atomic mass is 16.5. The van der Waals surface area contributed by atoms with E-state index in [4.69, 9.17) is 9.47 Å². The third-order valence-corrected chi connectivity index (χ3v) is 4.40. The van der Waals surface area contributed by atoms with E-state index in [1.165, 1.54) is 0 Å². The zero-order valence-electron chi connectivity index (χ0n) is 16.4. The van der Waals surface area contributed by atoms with Crippen LogP contribution in [-0.4, -0.2) is 58.4 Å². The Hall–Kier alpha value is -2.12. The van der Waals surface area contributed by atoms with Gasteiger partial charge in [0.25, 0.3) is 0 Å². The second kappa shape index (κ2) is 12.3. The predicted octanol–water partition coefficient (Wildman–Crippen LogP) is 2.11. The summed E-state index contributed by atoms with van der Waals surface area (Å²) in [7, 11) is 1.74. The number of para-hydroxylation sites is 1. The van der Waals surface area contributed by atoms with Crippen molar-refractivity contribution in [2.75, 3.05) is 51.9 Å². The maximum absolute atomic E-state index is 11.9. The molecule has 0 aliphatic carbocycles. The van der Waals surface area contributed by atoms with Gasteiger partial charge in [0.1, 0.15) is 0 Å².